The van der Waals surface area contributed by atoms with Crippen LogP contribution in [0.5, 0.6) is 0 Å². The maximum absolute atomic E-state index is 12.9. The van der Waals surface area contributed by atoms with Crippen molar-refractivity contribution in [2.75, 3.05) is 25.5 Å². The van der Waals surface area contributed by atoms with Crippen molar-refractivity contribution in [1.82, 2.24) is 15.2 Å². The maximum Gasteiger partial charge on any atom is 0.321 e. The van der Waals surface area contributed by atoms with Gasteiger partial charge in [-0.3, -0.25) is 10.1 Å². The van der Waals surface area contributed by atoms with Crippen LogP contribution in [0.3, 0.4) is 0 Å². The predicted octanol–water partition coefficient (Wildman–Crippen LogP) is 3.83. The van der Waals surface area contributed by atoms with Crippen LogP contribution in [0.2, 0.25) is 0 Å². The normalized spacial score (nSPS) is 10.9. The van der Waals surface area contributed by atoms with E-state index in [4.69, 9.17) is 0 Å². The number of urea groups is 1. The summed E-state index contributed by atoms with van der Waals surface area (Å²) in [6.07, 6.45) is 1.78. The zero-order valence-electron chi connectivity index (χ0n) is 15.8. The van der Waals surface area contributed by atoms with Crippen molar-refractivity contribution >= 4 is 28.3 Å². The minimum absolute atomic E-state index is 0.0526. The molecule has 2 N–H and O–H groups in total. The topological polar surface area (TPSA) is 74.3 Å². The molecule has 0 unspecified atom stereocenters. The maximum atomic E-state index is 12.9. The molecule has 2 aromatic rings. The molecule has 0 aliphatic heterocycles. The van der Waals surface area contributed by atoms with Gasteiger partial charge in [-0.15, -0.1) is 0 Å². The minimum Gasteiger partial charge on any atom is -0.338 e. The standard InChI is InChI=1S/C19H25FN4O2S/c1-13-17(14(2)25)27-19(22-13)23-18(26)21-10-4-5-11-24(3)12-15-6-8-16(20)9-7-15/h6-9H,4-5,10-12H2,1-3H3,(H2,21,22,23,26). The van der Waals surface area contributed by atoms with Gasteiger partial charge in [-0.2, -0.15) is 0 Å². The lowest BCUT2D eigenvalue weighted by Crippen LogP contribution is -2.30. The zero-order valence-corrected chi connectivity index (χ0v) is 16.7. The average molecular weight is 393 g/mol. The monoisotopic (exact) mass is 392 g/mol. The third-order valence-electron chi connectivity index (χ3n) is 3.95. The number of rotatable bonds is 9. The van der Waals surface area contributed by atoms with Crippen molar-refractivity contribution in [2.24, 2.45) is 0 Å². The Morgan fingerprint density at radius 1 is 1.22 bits per heavy atom. The number of Topliss-reactive ketones (excluding diaryl/α,β-unsaturated/α-hetero) is 1. The van der Waals surface area contributed by atoms with E-state index in [-0.39, 0.29) is 17.6 Å². The summed E-state index contributed by atoms with van der Waals surface area (Å²) in [4.78, 5) is 30.2. The summed E-state index contributed by atoms with van der Waals surface area (Å²) in [5.41, 5.74) is 1.70. The fourth-order valence-electron chi connectivity index (χ4n) is 2.61. The Labute approximate surface area is 162 Å². The van der Waals surface area contributed by atoms with Crippen molar-refractivity contribution in [1.29, 1.82) is 0 Å². The molecular weight excluding hydrogens is 367 g/mol. The zero-order chi connectivity index (χ0) is 19.8. The highest BCUT2D eigenvalue weighted by Crippen LogP contribution is 2.22. The van der Waals surface area contributed by atoms with Crippen LogP contribution in [-0.2, 0) is 6.54 Å². The molecule has 27 heavy (non-hydrogen) atoms. The van der Waals surface area contributed by atoms with Gasteiger partial charge in [0.1, 0.15) is 5.82 Å². The van der Waals surface area contributed by atoms with Crippen LogP contribution in [0.4, 0.5) is 14.3 Å². The lowest BCUT2D eigenvalue weighted by Gasteiger charge is -2.16. The summed E-state index contributed by atoms with van der Waals surface area (Å²) in [6, 6.07) is 6.19. The molecule has 1 aromatic heterocycles. The number of nitrogens with zero attached hydrogens (tertiary/aromatic N) is 2. The molecule has 0 saturated heterocycles. The van der Waals surface area contributed by atoms with Gasteiger partial charge in [0.2, 0.25) is 0 Å². The molecule has 0 spiro atoms. The predicted molar refractivity (Wildman–Crippen MR) is 106 cm³/mol. The summed E-state index contributed by atoms with van der Waals surface area (Å²) >= 11 is 1.18. The lowest BCUT2D eigenvalue weighted by molar-refractivity contribution is 0.102. The molecule has 2 amide bonds. The first-order chi connectivity index (χ1) is 12.8. The Bertz CT molecular complexity index is 777. The van der Waals surface area contributed by atoms with Gasteiger partial charge >= 0.3 is 6.03 Å². The number of halogens is 1. The largest absolute Gasteiger partial charge is 0.338 e. The van der Waals surface area contributed by atoms with E-state index in [0.717, 1.165) is 31.5 Å². The molecule has 0 bridgehead atoms. The molecule has 8 heteroatoms. The van der Waals surface area contributed by atoms with Crippen molar-refractivity contribution < 1.29 is 14.0 Å². The van der Waals surface area contributed by atoms with Crippen LogP contribution in [0, 0.1) is 12.7 Å². The van der Waals surface area contributed by atoms with Crippen LogP contribution in [0.15, 0.2) is 24.3 Å². The molecule has 0 aliphatic rings. The number of benzene rings is 1. The Balaban J connectivity index is 1.62. The van der Waals surface area contributed by atoms with Gasteiger partial charge in [0.15, 0.2) is 10.9 Å². The highest BCUT2D eigenvalue weighted by Gasteiger charge is 2.13. The van der Waals surface area contributed by atoms with Crippen molar-refractivity contribution in [2.45, 2.75) is 33.2 Å². The molecule has 0 atom stereocenters. The highest BCUT2D eigenvalue weighted by molar-refractivity contribution is 7.17. The summed E-state index contributed by atoms with van der Waals surface area (Å²) in [6.45, 7) is 5.43. The second-order valence-electron chi connectivity index (χ2n) is 6.44. The van der Waals surface area contributed by atoms with Crippen molar-refractivity contribution in [3.05, 3.63) is 46.2 Å². The number of aromatic nitrogens is 1. The molecule has 0 fully saturated rings. The molecule has 0 radical (unpaired) electrons. The number of anilines is 1. The molecule has 6 nitrogen and oxygen atoms in total. The number of carbonyl (C=O) groups excluding carboxylic acids is 2. The average Bonchev–Trinajstić information content (AvgIpc) is 2.97. The van der Waals surface area contributed by atoms with E-state index in [1.54, 1.807) is 19.1 Å². The Kier molecular flexibility index (Phi) is 7.87. The van der Waals surface area contributed by atoms with Gasteiger partial charge < -0.3 is 10.2 Å². The van der Waals surface area contributed by atoms with Crippen LogP contribution in [0.25, 0.3) is 0 Å². The first kappa shape index (κ1) is 21.0. The molecule has 0 aliphatic carbocycles. The van der Waals surface area contributed by atoms with Gasteiger partial charge in [-0.1, -0.05) is 23.5 Å². The van der Waals surface area contributed by atoms with E-state index in [2.05, 4.69) is 20.5 Å². The number of aryl methyl sites for hydroxylation is 1. The first-order valence-electron chi connectivity index (χ1n) is 8.81. The fourth-order valence-corrected chi connectivity index (χ4v) is 3.46. The van der Waals surface area contributed by atoms with Crippen LogP contribution in [0.1, 0.15) is 40.7 Å². The number of hydrogen-bond acceptors (Lipinski definition) is 5. The van der Waals surface area contributed by atoms with Gasteiger partial charge in [-0.25, -0.2) is 14.2 Å². The van der Waals surface area contributed by atoms with E-state index in [1.807, 2.05) is 7.05 Å². The molecular formula is C19H25FN4O2S. The highest BCUT2D eigenvalue weighted by atomic mass is 32.1. The van der Waals surface area contributed by atoms with E-state index >= 15 is 0 Å². The quantitative estimate of drug-likeness (QED) is 0.502. The minimum atomic E-state index is -0.321. The van der Waals surface area contributed by atoms with Crippen molar-refractivity contribution in [3.8, 4) is 0 Å². The SMILES string of the molecule is CC(=O)c1sc(NC(=O)NCCCCN(C)Cc2ccc(F)cc2)nc1C. The third-order valence-corrected chi connectivity index (χ3v) is 5.13. The van der Waals surface area contributed by atoms with Gasteiger partial charge in [0, 0.05) is 20.0 Å². The van der Waals surface area contributed by atoms with Gasteiger partial charge in [0.25, 0.3) is 0 Å². The van der Waals surface area contributed by atoms with Crippen LogP contribution in [-0.4, -0.2) is 41.8 Å². The fraction of sp³-hybridized carbons (Fsp3) is 0.421. The summed E-state index contributed by atoms with van der Waals surface area (Å²) < 4.78 is 12.9. The van der Waals surface area contributed by atoms with E-state index in [1.165, 1.54) is 30.4 Å². The number of amides is 2. The number of carbonyl (C=O) groups is 2. The van der Waals surface area contributed by atoms with Crippen LogP contribution >= 0.6 is 11.3 Å². The third kappa shape index (κ3) is 7.07. The lowest BCUT2D eigenvalue weighted by atomic mass is 10.2. The summed E-state index contributed by atoms with van der Waals surface area (Å²) in [5.74, 6) is -0.278. The van der Waals surface area contributed by atoms with E-state index < -0.39 is 0 Å². The van der Waals surface area contributed by atoms with Gasteiger partial charge in [-0.05, 0) is 51.1 Å². The molecule has 1 aromatic carbocycles. The Morgan fingerprint density at radius 3 is 2.56 bits per heavy atom. The number of nitrogens with one attached hydrogen (secondary N) is 2. The summed E-state index contributed by atoms with van der Waals surface area (Å²) in [5, 5.41) is 5.87. The molecule has 146 valence electrons. The Hall–Kier alpha value is -2.32. The Morgan fingerprint density at radius 2 is 1.93 bits per heavy atom. The smallest absolute Gasteiger partial charge is 0.321 e. The van der Waals surface area contributed by atoms with E-state index in [0.29, 0.717) is 22.2 Å². The molecule has 0 saturated carbocycles. The molecule has 1 heterocycles. The first-order valence-corrected chi connectivity index (χ1v) is 9.63. The second-order valence-corrected chi connectivity index (χ2v) is 7.44. The second kappa shape index (κ2) is 10.1. The number of unbranched alkanes of at least 4 members (excludes halogenated alkanes) is 1. The molecule has 2 rings (SSSR count). The van der Waals surface area contributed by atoms with Crippen LogP contribution < -0.4 is 10.6 Å². The van der Waals surface area contributed by atoms with Crippen molar-refractivity contribution in [3.63, 3.8) is 0 Å². The number of thiazole rings is 1. The summed E-state index contributed by atoms with van der Waals surface area (Å²) in [7, 11) is 2.01. The number of hydrogen-bond donors (Lipinski definition) is 2. The van der Waals surface area contributed by atoms with Gasteiger partial charge in [0.05, 0.1) is 10.6 Å². The number of ketones is 1. The van der Waals surface area contributed by atoms with E-state index in [9.17, 15) is 14.0 Å².